The van der Waals surface area contributed by atoms with Crippen LogP contribution in [0, 0.1) is 5.92 Å². The second-order valence-corrected chi connectivity index (χ2v) is 6.11. The monoisotopic (exact) mass is 474 g/mol. The molecule has 6 nitrogen and oxygen atoms in total. The van der Waals surface area contributed by atoms with Crippen LogP contribution in [0.3, 0.4) is 0 Å². The van der Waals surface area contributed by atoms with Gasteiger partial charge in [0.25, 0.3) is 0 Å². The van der Waals surface area contributed by atoms with Crippen LogP contribution in [0.2, 0.25) is 0 Å². The number of amides is 1. The molecule has 0 saturated heterocycles. The first-order valence-electron chi connectivity index (χ1n) is 8.47. The Labute approximate surface area is 174 Å². The van der Waals surface area contributed by atoms with Crippen molar-refractivity contribution < 1.29 is 9.53 Å². The summed E-state index contributed by atoms with van der Waals surface area (Å²) in [7, 11) is 3.43. The lowest BCUT2D eigenvalue weighted by atomic mass is 10.2. The molecule has 1 atom stereocenters. The summed E-state index contributed by atoms with van der Waals surface area (Å²) in [4.78, 5) is 17.5. The summed E-state index contributed by atoms with van der Waals surface area (Å²) >= 11 is 0. The maximum atomic E-state index is 11.7. The Kier molecular flexibility index (Phi) is 13.6. The molecular formula is C19H31IN4O2. The van der Waals surface area contributed by atoms with Gasteiger partial charge < -0.3 is 20.3 Å². The standard InChI is InChI=1S/C19H30N4O2.HI/c1-5-11-20-19(22-13-18(24)23(3)4)21-12-16(2)14-25-15-17-9-7-6-8-10-17;/h5-10,16H,1,11-15H2,2-4H3,(H2,20,21,22);1H. The smallest absolute Gasteiger partial charge is 0.243 e. The normalized spacial score (nSPS) is 11.9. The Bertz CT molecular complexity index is 550. The minimum atomic E-state index is -0.0426. The molecule has 1 aromatic carbocycles. The van der Waals surface area contributed by atoms with Crippen LogP contribution in [0.5, 0.6) is 0 Å². The molecule has 0 saturated carbocycles. The van der Waals surface area contributed by atoms with Gasteiger partial charge in [-0.25, -0.2) is 4.99 Å². The van der Waals surface area contributed by atoms with Gasteiger partial charge in [-0.2, -0.15) is 0 Å². The van der Waals surface area contributed by atoms with Crippen LogP contribution in [-0.2, 0) is 16.1 Å². The van der Waals surface area contributed by atoms with Crippen molar-refractivity contribution in [3.63, 3.8) is 0 Å². The molecule has 0 aliphatic heterocycles. The van der Waals surface area contributed by atoms with Crippen molar-refractivity contribution in [3.05, 3.63) is 48.6 Å². The second-order valence-electron chi connectivity index (χ2n) is 6.11. The van der Waals surface area contributed by atoms with E-state index in [2.05, 4.69) is 41.3 Å². The number of hydrogen-bond donors (Lipinski definition) is 2. The van der Waals surface area contributed by atoms with Crippen LogP contribution in [0.15, 0.2) is 48.0 Å². The fraction of sp³-hybridized carbons (Fsp3) is 0.474. The van der Waals surface area contributed by atoms with Crippen molar-refractivity contribution >= 4 is 35.8 Å². The first kappa shape index (κ1) is 24.4. The summed E-state index contributed by atoms with van der Waals surface area (Å²) in [5, 5.41) is 6.35. The minimum Gasteiger partial charge on any atom is -0.376 e. The average Bonchev–Trinajstić information content (AvgIpc) is 2.61. The highest BCUT2D eigenvalue weighted by molar-refractivity contribution is 14.0. The van der Waals surface area contributed by atoms with E-state index in [0.717, 1.165) is 0 Å². The molecule has 1 amide bonds. The van der Waals surface area contributed by atoms with Gasteiger partial charge >= 0.3 is 0 Å². The van der Waals surface area contributed by atoms with Gasteiger partial charge in [0.05, 0.1) is 13.2 Å². The molecule has 1 aromatic rings. The molecule has 0 aliphatic rings. The molecular weight excluding hydrogens is 443 g/mol. The van der Waals surface area contributed by atoms with E-state index in [1.165, 1.54) is 10.5 Å². The number of rotatable bonds is 10. The van der Waals surface area contributed by atoms with Crippen LogP contribution in [0.4, 0.5) is 0 Å². The molecule has 2 N–H and O–H groups in total. The highest BCUT2D eigenvalue weighted by atomic mass is 127. The maximum absolute atomic E-state index is 11.7. The summed E-state index contributed by atoms with van der Waals surface area (Å²) < 4.78 is 5.75. The molecule has 7 heteroatoms. The third-order valence-electron chi connectivity index (χ3n) is 3.42. The van der Waals surface area contributed by atoms with Crippen LogP contribution in [-0.4, -0.2) is 57.1 Å². The van der Waals surface area contributed by atoms with E-state index >= 15 is 0 Å². The molecule has 0 bridgehead atoms. The van der Waals surface area contributed by atoms with Gasteiger partial charge in [-0.3, -0.25) is 4.79 Å². The summed E-state index contributed by atoms with van der Waals surface area (Å²) in [5.41, 5.74) is 1.17. The average molecular weight is 474 g/mol. The molecule has 0 heterocycles. The number of hydrogen-bond acceptors (Lipinski definition) is 3. The van der Waals surface area contributed by atoms with E-state index in [0.29, 0.717) is 38.2 Å². The summed E-state index contributed by atoms with van der Waals surface area (Å²) in [5.74, 6) is 0.868. The number of halogens is 1. The Morgan fingerprint density at radius 3 is 2.62 bits per heavy atom. The fourth-order valence-corrected chi connectivity index (χ4v) is 1.91. The van der Waals surface area contributed by atoms with Gasteiger partial charge in [0.1, 0.15) is 6.54 Å². The molecule has 0 aromatic heterocycles. The van der Waals surface area contributed by atoms with E-state index in [1.807, 2.05) is 18.2 Å². The van der Waals surface area contributed by atoms with E-state index in [1.54, 1.807) is 20.2 Å². The van der Waals surface area contributed by atoms with Crippen LogP contribution >= 0.6 is 24.0 Å². The van der Waals surface area contributed by atoms with E-state index in [9.17, 15) is 4.79 Å². The minimum absolute atomic E-state index is 0. The topological polar surface area (TPSA) is 66.0 Å². The largest absolute Gasteiger partial charge is 0.376 e. The van der Waals surface area contributed by atoms with Gasteiger partial charge in [-0.15, -0.1) is 30.6 Å². The molecule has 0 aliphatic carbocycles. The van der Waals surface area contributed by atoms with Crippen molar-refractivity contribution in [2.75, 3.05) is 40.3 Å². The predicted octanol–water partition coefficient (Wildman–Crippen LogP) is 2.27. The van der Waals surface area contributed by atoms with E-state index in [-0.39, 0.29) is 36.4 Å². The second kappa shape index (κ2) is 14.5. The number of benzene rings is 1. The van der Waals surface area contributed by atoms with Crippen molar-refractivity contribution in [1.29, 1.82) is 0 Å². The zero-order valence-electron chi connectivity index (χ0n) is 15.9. The van der Waals surface area contributed by atoms with Crippen LogP contribution < -0.4 is 10.6 Å². The number of ether oxygens (including phenoxy) is 1. The number of likely N-dealkylation sites (N-methyl/N-ethyl adjacent to an activating group) is 1. The Balaban J connectivity index is 0.00000625. The molecule has 26 heavy (non-hydrogen) atoms. The Morgan fingerprint density at radius 1 is 1.31 bits per heavy atom. The third kappa shape index (κ3) is 11.1. The van der Waals surface area contributed by atoms with Gasteiger partial charge in [0.15, 0.2) is 5.96 Å². The van der Waals surface area contributed by atoms with Crippen molar-refractivity contribution in [2.45, 2.75) is 13.5 Å². The predicted molar refractivity (Wildman–Crippen MR) is 118 cm³/mol. The van der Waals surface area contributed by atoms with Gasteiger partial charge in [-0.1, -0.05) is 43.3 Å². The lowest BCUT2D eigenvalue weighted by molar-refractivity contribution is -0.127. The van der Waals surface area contributed by atoms with Gasteiger partial charge in [-0.05, 0) is 11.5 Å². The molecule has 1 unspecified atom stereocenters. The van der Waals surface area contributed by atoms with Crippen molar-refractivity contribution in [2.24, 2.45) is 10.9 Å². The zero-order valence-corrected chi connectivity index (χ0v) is 18.2. The van der Waals surface area contributed by atoms with Gasteiger partial charge in [0, 0.05) is 27.2 Å². The lowest BCUT2D eigenvalue weighted by Gasteiger charge is -2.16. The van der Waals surface area contributed by atoms with Crippen molar-refractivity contribution in [3.8, 4) is 0 Å². The quantitative estimate of drug-likeness (QED) is 0.236. The molecule has 0 fully saturated rings. The molecule has 1 rings (SSSR count). The number of guanidine groups is 1. The SMILES string of the molecule is C=CCNC(=NCC(=O)N(C)C)NCC(C)COCc1ccccc1.I. The maximum Gasteiger partial charge on any atom is 0.243 e. The lowest BCUT2D eigenvalue weighted by Crippen LogP contribution is -2.41. The summed E-state index contributed by atoms with van der Waals surface area (Å²) in [6.45, 7) is 8.44. The number of nitrogens with zero attached hydrogens (tertiary/aromatic N) is 2. The first-order chi connectivity index (χ1) is 12.0. The highest BCUT2D eigenvalue weighted by Crippen LogP contribution is 2.02. The molecule has 146 valence electrons. The third-order valence-corrected chi connectivity index (χ3v) is 3.42. The number of carbonyl (C=O) groups excluding carboxylic acids is 1. The van der Waals surface area contributed by atoms with Crippen LogP contribution in [0.1, 0.15) is 12.5 Å². The van der Waals surface area contributed by atoms with Gasteiger partial charge in [0.2, 0.25) is 5.91 Å². The number of aliphatic imine (C=N–C) groups is 1. The Hall–Kier alpha value is -1.61. The number of nitrogens with one attached hydrogen (secondary N) is 2. The fourth-order valence-electron chi connectivity index (χ4n) is 1.91. The Morgan fingerprint density at radius 2 is 2.00 bits per heavy atom. The van der Waals surface area contributed by atoms with E-state index in [4.69, 9.17) is 4.74 Å². The summed E-state index contributed by atoms with van der Waals surface area (Å²) in [6.07, 6.45) is 1.75. The van der Waals surface area contributed by atoms with Crippen molar-refractivity contribution in [1.82, 2.24) is 15.5 Å². The van der Waals surface area contributed by atoms with E-state index < -0.39 is 0 Å². The zero-order chi connectivity index (χ0) is 18.5. The first-order valence-corrected chi connectivity index (χ1v) is 8.47. The molecule has 0 radical (unpaired) electrons. The summed E-state index contributed by atoms with van der Waals surface area (Å²) in [6, 6.07) is 10.1. The highest BCUT2D eigenvalue weighted by Gasteiger charge is 2.07. The molecule has 0 spiro atoms. The van der Waals surface area contributed by atoms with Crippen LogP contribution in [0.25, 0.3) is 0 Å². The number of carbonyl (C=O) groups is 1.